The number of hydrogen-bond acceptors (Lipinski definition) is 3. The molecule has 29 heavy (non-hydrogen) atoms. The quantitative estimate of drug-likeness (QED) is 0.411. The summed E-state index contributed by atoms with van der Waals surface area (Å²) in [5.74, 6) is -0.935. The maximum atomic E-state index is 13.3. The summed E-state index contributed by atoms with van der Waals surface area (Å²) in [4.78, 5) is 27.3. The van der Waals surface area contributed by atoms with Crippen molar-refractivity contribution in [2.75, 3.05) is 4.90 Å². The summed E-state index contributed by atoms with van der Waals surface area (Å²) >= 11 is 5.31. The molecule has 0 unspecified atom stereocenters. The topological polar surface area (TPSA) is 54.3 Å². The smallest absolute Gasteiger partial charge is 0.270 e. The minimum atomic E-state index is -0.498. The van der Waals surface area contributed by atoms with E-state index in [1.54, 1.807) is 6.08 Å². The maximum Gasteiger partial charge on any atom is 0.270 e. The zero-order valence-electron chi connectivity index (χ0n) is 16.0. The first-order valence-electron chi connectivity index (χ1n) is 9.18. The molecule has 2 amide bonds. The van der Waals surface area contributed by atoms with E-state index in [1.165, 1.54) is 4.90 Å². The summed E-state index contributed by atoms with van der Waals surface area (Å²) < 4.78 is 1.92. The number of nitrogens with zero attached hydrogens (tertiary/aromatic N) is 2. The molecule has 1 saturated heterocycles. The fourth-order valence-electron chi connectivity index (χ4n) is 3.34. The molecule has 0 aliphatic carbocycles. The lowest BCUT2D eigenvalue weighted by molar-refractivity contribution is -0.122. The Morgan fingerprint density at radius 2 is 1.69 bits per heavy atom. The van der Waals surface area contributed by atoms with Gasteiger partial charge in [0.1, 0.15) is 5.57 Å². The molecule has 1 fully saturated rings. The fourth-order valence-corrected chi connectivity index (χ4v) is 3.61. The summed E-state index contributed by atoms with van der Waals surface area (Å²) in [6, 6.07) is 19.1. The van der Waals surface area contributed by atoms with Gasteiger partial charge in [-0.15, -0.1) is 0 Å². The van der Waals surface area contributed by atoms with Crippen molar-refractivity contribution in [3.05, 3.63) is 89.3 Å². The molecule has 5 nitrogen and oxygen atoms in total. The zero-order valence-corrected chi connectivity index (χ0v) is 16.9. The molecule has 2 heterocycles. The van der Waals surface area contributed by atoms with Crippen LogP contribution in [0.4, 0.5) is 5.69 Å². The highest BCUT2D eigenvalue weighted by Crippen LogP contribution is 2.27. The first-order valence-corrected chi connectivity index (χ1v) is 9.58. The van der Waals surface area contributed by atoms with E-state index in [9.17, 15) is 9.59 Å². The highest BCUT2D eigenvalue weighted by Gasteiger charge is 2.35. The molecule has 4 rings (SSSR count). The number of para-hydroxylation sites is 1. The largest absolute Gasteiger partial charge is 0.317 e. The lowest BCUT2D eigenvalue weighted by atomic mass is 10.0. The number of aryl methyl sites for hydroxylation is 1. The molecule has 0 atom stereocenters. The SMILES string of the molecule is Cc1cccc(N2C(=O)C(=Cc3cccn3-c3ccccc3)C(=O)NC2=S)c1C. The molecule has 1 aliphatic heterocycles. The second kappa shape index (κ2) is 7.48. The van der Waals surface area contributed by atoms with Crippen molar-refractivity contribution in [1.82, 2.24) is 9.88 Å². The monoisotopic (exact) mass is 401 g/mol. The van der Waals surface area contributed by atoms with Crippen LogP contribution in [0.3, 0.4) is 0 Å². The summed E-state index contributed by atoms with van der Waals surface area (Å²) in [5, 5.41) is 2.73. The van der Waals surface area contributed by atoms with E-state index < -0.39 is 11.8 Å². The number of amides is 2. The molecule has 2 aromatic carbocycles. The van der Waals surface area contributed by atoms with Crippen molar-refractivity contribution < 1.29 is 9.59 Å². The van der Waals surface area contributed by atoms with Crippen molar-refractivity contribution >= 4 is 40.9 Å². The molecule has 0 radical (unpaired) electrons. The van der Waals surface area contributed by atoms with E-state index in [4.69, 9.17) is 12.2 Å². The normalized spacial score (nSPS) is 15.7. The van der Waals surface area contributed by atoms with Gasteiger partial charge in [0.2, 0.25) is 0 Å². The minimum Gasteiger partial charge on any atom is -0.317 e. The Balaban J connectivity index is 1.78. The van der Waals surface area contributed by atoms with Crippen LogP contribution in [0.25, 0.3) is 11.8 Å². The Bertz CT molecular complexity index is 1160. The standard InChI is InChI=1S/C23H19N3O2S/c1-15-8-6-12-20(16(15)2)26-22(28)19(21(27)24-23(26)29)14-18-11-7-13-25(18)17-9-4-3-5-10-17/h3-14H,1-2H3,(H,24,27,29). The van der Waals surface area contributed by atoms with Crippen LogP contribution >= 0.6 is 12.2 Å². The van der Waals surface area contributed by atoms with E-state index >= 15 is 0 Å². The van der Waals surface area contributed by atoms with Crippen LogP contribution in [0.2, 0.25) is 0 Å². The number of rotatable bonds is 3. The maximum absolute atomic E-state index is 13.3. The van der Waals surface area contributed by atoms with Gasteiger partial charge in [-0.05, 0) is 73.6 Å². The third kappa shape index (κ3) is 3.39. The van der Waals surface area contributed by atoms with Gasteiger partial charge in [0.25, 0.3) is 11.8 Å². The molecule has 144 valence electrons. The molecule has 1 N–H and O–H groups in total. The molecule has 3 aromatic rings. The van der Waals surface area contributed by atoms with Crippen LogP contribution in [-0.4, -0.2) is 21.5 Å². The molecule has 0 bridgehead atoms. The summed E-state index contributed by atoms with van der Waals surface area (Å²) in [6.45, 7) is 3.90. The van der Waals surface area contributed by atoms with Gasteiger partial charge >= 0.3 is 0 Å². The zero-order chi connectivity index (χ0) is 20.5. The van der Waals surface area contributed by atoms with Gasteiger partial charge in [0, 0.05) is 17.6 Å². The molecule has 0 spiro atoms. The molecule has 1 aliphatic rings. The van der Waals surface area contributed by atoms with Crippen molar-refractivity contribution in [2.45, 2.75) is 13.8 Å². The van der Waals surface area contributed by atoms with E-state index in [0.717, 1.165) is 22.5 Å². The average molecular weight is 401 g/mol. The number of nitrogens with one attached hydrogen (secondary N) is 1. The van der Waals surface area contributed by atoms with Gasteiger partial charge in [0.05, 0.1) is 5.69 Å². The van der Waals surface area contributed by atoms with E-state index in [-0.39, 0.29) is 10.7 Å². The lowest BCUT2D eigenvalue weighted by Gasteiger charge is -2.30. The van der Waals surface area contributed by atoms with Crippen LogP contribution in [0.1, 0.15) is 16.8 Å². The number of aromatic nitrogens is 1. The number of benzene rings is 2. The number of thiocarbonyl (C=S) groups is 1. The summed E-state index contributed by atoms with van der Waals surface area (Å²) in [6.07, 6.45) is 3.49. The highest BCUT2D eigenvalue weighted by molar-refractivity contribution is 7.80. The van der Waals surface area contributed by atoms with Crippen LogP contribution in [-0.2, 0) is 9.59 Å². The van der Waals surface area contributed by atoms with Crippen molar-refractivity contribution in [2.24, 2.45) is 0 Å². The molecule has 0 saturated carbocycles. The van der Waals surface area contributed by atoms with Crippen LogP contribution in [0.15, 0.2) is 72.4 Å². The Morgan fingerprint density at radius 1 is 0.931 bits per heavy atom. The summed E-state index contributed by atoms with van der Waals surface area (Å²) in [7, 11) is 0. The van der Waals surface area contributed by atoms with E-state index in [0.29, 0.717) is 5.69 Å². The number of carbonyl (C=O) groups is 2. The Morgan fingerprint density at radius 3 is 2.45 bits per heavy atom. The Kier molecular flexibility index (Phi) is 4.86. The lowest BCUT2D eigenvalue weighted by Crippen LogP contribution is -2.54. The molecule has 1 aromatic heterocycles. The van der Waals surface area contributed by atoms with Crippen LogP contribution < -0.4 is 10.2 Å². The van der Waals surface area contributed by atoms with E-state index in [2.05, 4.69) is 5.32 Å². The van der Waals surface area contributed by atoms with Crippen LogP contribution in [0, 0.1) is 13.8 Å². The van der Waals surface area contributed by atoms with E-state index in [1.807, 2.05) is 85.3 Å². The molecular weight excluding hydrogens is 382 g/mol. The molecule has 6 heteroatoms. The van der Waals surface area contributed by atoms with Gasteiger partial charge < -0.3 is 4.57 Å². The minimum absolute atomic E-state index is 0.0374. The number of hydrogen-bond donors (Lipinski definition) is 1. The average Bonchev–Trinajstić information content (AvgIpc) is 3.17. The fraction of sp³-hybridized carbons (Fsp3) is 0.0870. The third-order valence-corrected chi connectivity index (χ3v) is 5.31. The van der Waals surface area contributed by atoms with Gasteiger partial charge in [-0.2, -0.15) is 0 Å². The Hall–Kier alpha value is -3.51. The number of anilines is 1. The van der Waals surface area contributed by atoms with Crippen molar-refractivity contribution in [3.8, 4) is 5.69 Å². The summed E-state index contributed by atoms with van der Waals surface area (Å²) in [5.41, 5.74) is 4.35. The van der Waals surface area contributed by atoms with Crippen molar-refractivity contribution in [1.29, 1.82) is 0 Å². The first-order chi connectivity index (χ1) is 14.0. The molecular formula is C23H19N3O2S. The second-order valence-electron chi connectivity index (χ2n) is 6.82. The highest BCUT2D eigenvalue weighted by atomic mass is 32.1. The van der Waals surface area contributed by atoms with Gasteiger partial charge in [-0.25, -0.2) is 0 Å². The Labute approximate surface area is 174 Å². The third-order valence-electron chi connectivity index (χ3n) is 5.03. The predicted octanol–water partition coefficient (Wildman–Crippen LogP) is 3.93. The first kappa shape index (κ1) is 18.8. The van der Waals surface area contributed by atoms with Gasteiger partial charge in [-0.3, -0.25) is 19.8 Å². The predicted molar refractivity (Wildman–Crippen MR) is 118 cm³/mol. The van der Waals surface area contributed by atoms with Crippen molar-refractivity contribution in [3.63, 3.8) is 0 Å². The second-order valence-corrected chi connectivity index (χ2v) is 7.20. The van der Waals surface area contributed by atoms with Gasteiger partial charge in [0.15, 0.2) is 5.11 Å². The van der Waals surface area contributed by atoms with Crippen LogP contribution in [0.5, 0.6) is 0 Å². The number of carbonyl (C=O) groups excluding carboxylic acids is 2. The van der Waals surface area contributed by atoms with Gasteiger partial charge in [-0.1, -0.05) is 30.3 Å².